The number of hydrogen-bond acceptors (Lipinski definition) is 3. The minimum Gasteiger partial charge on any atom is -0.465 e. The zero-order valence-corrected chi connectivity index (χ0v) is 10.4. The quantitative estimate of drug-likeness (QED) is 0.627. The number of nitrogens with zero attached hydrogens (tertiary/aromatic N) is 1. The molecule has 0 spiro atoms. The van der Waals surface area contributed by atoms with E-state index in [1.54, 1.807) is 0 Å². The van der Waals surface area contributed by atoms with Crippen LogP contribution in [0.5, 0.6) is 0 Å². The number of benzene rings is 1. The molecule has 19 heavy (non-hydrogen) atoms. The molecule has 0 aliphatic rings. The Morgan fingerprint density at radius 2 is 2.00 bits per heavy atom. The topological polar surface area (TPSA) is 29.5 Å². The molecule has 1 aromatic rings. The lowest BCUT2D eigenvalue weighted by molar-refractivity contribution is -0.144. The number of carbonyl (C=O) groups is 1. The van der Waals surface area contributed by atoms with Gasteiger partial charge in [-0.3, -0.25) is 4.90 Å². The summed E-state index contributed by atoms with van der Waals surface area (Å²) in [7, 11) is 2.40. The van der Waals surface area contributed by atoms with Gasteiger partial charge in [-0.25, -0.2) is 9.18 Å². The number of esters is 1. The molecule has 0 aliphatic carbocycles. The van der Waals surface area contributed by atoms with E-state index in [4.69, 9.17) is 0 Å². The molecule has 0 radical (unpaired) electrons. The van der Waals surface area contributed by atoms with Crippen molar-refractivity contribution in [3.05, 3.63) is 35.1 Å². The molecule has 106 valence electrons. The predicted molar refractivity (Wildman–Crippen MR) is 60.1 cm³/mol. The van der Waals surface area contributed by atoms with Crippen molar-refractivity contribution in [2.45, 2.75) is 12.7 Å². The second kappa shape index (κ2) is 6.01. The summed E-state index contributed by atoms with van der Waals surface area (Å²) in [6.45, 7) is -1.16. The van der Waals surface area contributed by atoms with Gasteiger partial charge in [-0.2, -0.15) is 13.2 Å². The molecule has 0 amide bonds. The molecule has 0 saturated carbocycles. The standard InChI is InChI=1S/C12H13F4NO2/c1-17(7-12(14,15)16)6-8-3-4-9(10(13)5-8)11(18)19-2/h3-5H,6-7H2,1-2H3. The van der Waals surface area contributed by atoms with Crippen LogP contribution < -0.4 is 0 Å². The van der Waals surface area contributed by atoms with Gasteiger partial charge < -0.3 is 4.74 Å². The van der Waals surface area contributed by atoms with Gasteiger partial charge in [-0.05, 0) is 24.7 Å². The lowest BCUT2D eigenvalue weighted by Crippen LogP contribution is -2.30. The Labute approximate surface area is 107 Å². The maximum Gasteiger partial charge on any atom is 0.401 e. The van der Waals surface area contributed by atoms with Crippen LogP contribution in [-0.4, -0.2) is 37.7 Å². The highest BCUT2D eigenvalue weighted by atomic mass is 19.4. The summed E-state index contributed by atoms with van der Waals surface area (Å²) in [5, 5.41) is 0. The summed E-state index contributed by atoms with van der Waals surface area (Å²) in [5.41, 5.74) is 0.0987. The van der Waals surface area contributed by atoms with Gasteiger partial charge in [-0.15, -0.1) is 0 Å². The normalized spacial score (nSPS) is 11.7. The van der Waals surface area contributed by atoms with Crippen LogP contribution in [0, 0.1) is 5.82 Å². The molecule has 0 heterocycles. The zero-order valence-electron chi connectivity index (χ0n) is 10.4. The van der Waals surface area contributed by atoms with Gasteiger partial charge in [-0.1, -0.05) is 6.07 Å². The van der Waals surface area contributed by atoms with Crippen molar-refractivity contribution in [1.82, 2.24) is 4.90 Å². The summed E-state index contributed by atoms with van der Waals surface area (Å²) in [4.78, 5) is 12.1. The van der Waals surface area contributed by atoms with Gasteiger partial charge in [0.25, 0.3) is 0 Å². The van der Waals surface area contributed by atoms with Crippen LogP contribution in [0.15, 0.2) is 18.2 Å². The molecule has 0 N–H and O–H groups in total. The summed E-state index contributed by atoms with van der Waals surface area (Å²) in [6, 6.07) is 3.61. The molecule has 1 rings (SSSR count). The maximum atomic E-state index is 13.5. The van der Waals surface area contributed by atoms with E-state index in [1.165, 1.54) is 19.2 Å². The van der Waals surface area contributed by atoms with Crippen molar-refractivity contribution in [2.24, 2.45) is 0 Å². The summed E-state index contributed by atoms with van der Waals surface area (Å²) < 4.78 is 54.3. The van der Waals surface area contributed by atoms with E-state index in [0.29, 0.717) is 5.56 Å². The third kappa shape index (κ3) is 4.86. The van der Waals surface area contributed by atoms with E-state index in [0.717, 1.165) is 18.1 Å². The van der Waals surface area contributed by atoms with E-state index in [1.807, 2.05) is 0 Å². The molecule has 0 aliphatic heterocycles. The average molecular weight is 279 g/mol. The van der Waals surface area contributed by atoms with E-state index < -0.39 is 24.5 Å². The summed E-state index contributed by atoms with van der Waals surface area (Å²) >= 11 is 0. The largest absolute Gasteiger partial charge is 0.465 e. The van der Waals surface area contributed by atoms with Crippen LogP contribution in [-0.2, 0) is 11.3 Å². The fourth-order valence-electron chi connectivity index (χ4n) is 1.61. The number of methoxy groups -OCH3 is 1. The number of ether oxygens (including phenoxy) is 1. The van der Waals surface area contributed by atoms with Gasteiger partial charge in [0.2, 0.25) is 0 Å². The number of hydrogen-bond donors (Lipinski definition) is 0. The Kier molecular flexibility index (Phi) is 4.88. The minimum absolute atomic E-state index is 0.0715. The first-order valence-corrected chi connectivity index (χ1v) is 5.35. The number of carbonyl (C=O) groups excluding carboxylic acids is 1. The highest BCUT2D eigenvalue weighted by molar-refractivity contribution is 5.89. The lowest BCUT2D eigenvalue weighted by atomic mass is 10.1. The molecule has 3 nitrogen and oxygen atoms in total. The highest BCUT2D eigenvalue weighted by Gasteiger charge is 2.29. The zero-order chi connectivity index (χ0) is 14.6. The fraction of sp³-hybridized carbons (Fsp3) is 0.417. The maximum absolute atomic E-state index is 13.5. The van der Waals surface area contributed by atoms with Crippen molar-refractivity contribution in [3.63, 3.8) is 0 Å². The fourth-order valence-corrected chi connectivity index (χ4v) is 1.61. The Morgan fingerprint density at radius 1 is 1.37 bits per heavy atom. The van der Waals surface area contributed by atoms with E-state index in [2.05, 4.69) is 4.74 Å². The Morgan fingerprint density at radius 3 is 2.47 bits per heavy atom. The highest BCUT2D eigenvalue weighted by Crippen LogP contribution is 2.18. The van der Waals surface area contributed by atoms with Crippen LogP contribution in [0.2, 0.25) is 0 Å². The molecule has 0 atom stereocenters. The van der Waals surface area contributed by atoms with Gasteiger partial charge in [0, 0.05) is 6.54 Å². The van der Waals surface area contributed by atoms with Gasteiger partial charge >= 0.3 is 12.1 Å². The van der Waals surface area contributed by atoms with Crippen molar-refractivity contribution < 1.29 is 27.1 Å². The first-order chi connectivity index (χ1) is 8.73. The first kappa shape index (κ1) is 15.4. The molecular weight excluding hydrogens is 266 g/mol. The second-order valence-electron chi connectivity index (χ2n) is 4.09. The predicted octanol–water partition coefficient (Wildman–Crippen LogP) is 2.61. The molecule has 0 fully saturated rings. The van der Waals surface area contributed by atoms with Gasteiger partial charge in [0.1, 0.15) is 5.82 Å². The van der Waals surface area contributed by atoms with E-state index in [-0.39, 0.29) is 12.1 Å². The Bertz CT molecular complexity index is 460. The monoisotopic (exact) mass is 279 g/mol. The van der Waals surface area contributed by atoms with Gasteiger partial charge in [0.05, 0.1) is 19.2 Å². The van der Waals surface area contributed by atoms with Crippen LogP contribution >= 0.6 is 0 Å². The molecule has 0 unspecified atom stereocenters. The van der Waals surface area contributed by atoms with E-state index >= 15 is 0 Å². The first-order valence-electron chi connectivity index (χ1n) is 5.35. The van der Waals surface area contributed by atoms with Crippen LogP contribution in [0.3, 0.4) is 0 Å². The van der Waals surface area contributed by atoms with Crippen molar-refractivity contribution in [2.75, 3.05) is 20.7 Å². The Balaban J connectivity index is 2.76. The lowest BCUT2D eigenvalue weighted by Gasteiger charge is -2.18. The Hall–Kier alpha value is -1.63. The number of alkyl halides is 3. The molecule has 1 aromatic carbocycles. The molecule has 0 bridgehead atoms. The second-order valence-corrected chi connectivity index (χ2v) is 4.09. The SMILES string of the molecule is COC(=O)c1ccc(CN(C)CC(F)(F)F)cc1F. The third-order valence-electron chi connectivity index (χ3n) is 2.34. The smallest absolute Gasteiger partial charge is 0.401 e. The number of halogens is 4. The average Bonchev–Trinajstić information content (AvgIpc) is 2.25. The molecule has 0 saturated heterocycles. The van der Waals surface area contributed by atoms with Crippen LogP contribution in [0.25, 0.3) is 0 Å². The number of rotatable bonds is 4. The molecular formula is C12H13F4NO2. The minimum atomic E-state index is -4.31. The molecule has 7 heteroatoms. The molecule has 0 aromatic heterocycles. The van der Waals surface area contributed by atoms with E-state index in [9.17, 15) is 22.4 Å². The van der Waals surface area contributed by atoms with Crippen LogP contribution in [0.4, 0.5) is 17.6 Å². The third-order valence-corrected chi connectivity index (χ3v) is 2.34. The summed E-state index contributed by atoms with van der Waals surface area (Å²) in [6.07, 6.45) is -4.31. The summed E-state index contributed by atoms with van der Waals surface area (Å²) in [5.74, 6) is -1.64. The van der Waals surface area contributed by atoms with Crippen molar-refractivity contribution in [1.29, 1.82) is 0 Å². The van der Waals surface area contributed by atoms with Crippen molar-refractivity contribution in [3.8, 4) is 0 Å². The van der Waals surface area contributed by atoms with Crippen LogP contribution in [0.1, 0.15) is 15.9 Å². The van der Waals surface area contributed by atoms with Gasteiger partial charge in [0.15, 0.2) is 0 Å². The van der Waals surface area contributed by atoms with Crippen molar-refractivity contribution >= 4 is 5.97 Å².